The second-order valence-corrected chi connectivity index (χ2v) is 5.21. The number of nitrogens with zero attached hydrogens (tertiary/aromatic N) is 2. The summed E-state index contributed by atoms with van der Waals surface area (Å²) in [5.41, 5.74) is 0.962. The van der Waals surface area contributed by atoms with Gasteiger partial charge in [0.1, 0.15) is 0 Å². The number of methoxy groups -OCH3 is 2. The molecule has 1 heterocycles. The summed E-state index contributed by atoms with van der Waals surface area (Å²) < 4.78 is 10.0. The van der Waals surface area contributed by atoms with Crippen LogP contribution < -0.4 is 0 Å². The Kier molecular flexibility index (Phi) is 5.46. The van der Waals surface area contributed by atoms with Gasteiger partial charge in [-0.2, -0.15) is 0 Å². The predicted molar refractivity (Wildman–Crippen MR) is 82.5 cm³/mol. The molecule has 0 fully saturated rings. The van der Waals surface area contributed by atoms with E-state index in [1.807, 2.05) is 0 Å². The van der Waals surface area contributed by atoms with E-state index in [9.17, 15) is 14.4 Å². The summed E-state index contributed by atoms with van der Waals surface area (Å²) in [6.45, 7) is 1.65. The topological polar surface area (TPSA) is 76.2 Å². The first-order valence-corrected chi connectivity index (χ1v) is 7.24. The van der Waals surface area contributed by atoms with E-state index in [-0.39, 0.29) is 23.3 Å². The van der Waals surface area contributed by atoms with Gasteiger partial charge in [0.25, 0.3) is 17.7 Å². The minimum atomic E-state index is -0.389. The summed E-state index contributed by atoms with van der Waals surface area (Å²) in [4.78, 5) is 39.2. The number of imide groups is 1. The molecule has 0 aromatic heterocycles. The molecule has 0 aliphatic carbocycles. The summed E-state index contributed by atoms with van der Waals surface area (Å²) >= 11 is 0. The van der Waals surface area contributed by atoms with Crippen LogP contribution in [0.25, 0.3) is 0 Å². The molecule has 1 aliphatic rings. The van der Waals surface area contributed by atoms with E-state index in [1.165, 1.54) is 19.2 Å². The third-order valence-corrected chi connectivity index (χ3v) is 3.75. The van der Waals surface area contributed by atoms with Gasteiger partial charge in [-0.1, -0.05) is 0 Å². The van der Waals surface area contributed by atoms with Crippen LogP contribution in [0.4, 0.5) is 0 Å². The monoisotopic (exact) mass is 320 g/mol. The van der Waals surface area contributed by atoms with Crippen molar-refractivity contribution in [3.63, 3.8) is 0 Å². The van der Waals surface area contributed by atoms with Crippen LogP contribution in [-0.4, -0.2) is 75.1 Å². The molecule has 0 bridgehead atoms. The Morgan fingerprint density at radius 2 is 1.61 bits per heavy atom. The summed E-state index contributed by atoms with van der Waals surface area (Å²) in [5.74, 6) is -0.962. The van der Waals surface area contributed by atoms with E-state index in [2.05, 4.69) is 0 Å². The number of carbonyl (C=O) groups excluding carboxylic acids is 3. The first kappa shape index (κ1) is 17.1. The van der Waals surface area contributed by atoms with Crippen molar-refractivity contribution < 1.29 is 23.9 Å². The van der Waals surface area contributed by atoms with E-state index < -0.39 is 0 Å². The van der Waals surface area contributed by atoms with Crippen LogP contribution in [0, 0.1) is 0 Å². The third kappa shape index (κ3) is 3.40. The largest absolute Gasteiger partial charge is 0.383 e. The molecule has 0 radical (unpaired) electrons. The lowest BCUT2D eigenvalue weighted by Gasteiger charge is -2.22. The first-order valence-electron chi connectivity index (χ1n) is 7.24. The summed E-state index contributed by atoms with van der Waals surface area (Å²) in [7, 11) is 4.55. The highest BCUT2D eigenvalue weighted by atomic mass is 16.5. The van der Waals surface area contributed by atoms with Gasteiger partial charge < -0.3 is 14.4 Å². The summed E-state index contributed by atoms with van der Waals surface area (Å²) in [6.07, 6.45) is 0. The zero-order chi connectivity index (χ0) is 17.0. The Balaban J connectivity index is 2.25. The Morgan fingerprint density at radius 1 is 1.04 bits per heavy atom. The number of ether oxygens (including phenoxy) is 2. The van der Waals surface area contributed by atoms with Crippen molar-refractivity contribution in [1.29, 1.82) is 0 Å². The van der Waals surface area contributed by atoms with Crippen molar-refractivity contribution in [2.24, 2.45) is 0 Å². The fourth-order valence-corrected chi connectivity index (χ4v) is 2.39. The van der Waals surface area contributed by atoms with Gasteiger partial charge in [-0.05, 0) is 18.2 Å². The maximum absolute atomic E-state index is 12.6. The van der Waals surface area contributed by atoms with E-state index in [0.717, 1.165) is 4.90 Å². The smallest absolute Gasteiger partial charge is 0.261 e. The van der Waals surface area contributed by atoms with Crippen LogP contribution >= 0.6 is 0 Å². The maximum atomic E-state index is 12.6. The maximum Gasteiger partial charge on any atom is 0.261 e. The fourth-order valence-electron chi connectivity index (χ4n) is 2.39. The lowest BCUT2D eigenvalue weighted by atomic mass is 10.0. The number of hydrogen-bond acceptors (Lipinski definition) is 5. The Bertz CT molecular complexity index is 621. The van der Waals surface area contributed by atoms with Crippen LogP contribution in [-0.2, 0) is 9.47 Å². The van der Waals surface area contributed by atoms with Gasteiger partial charge in [-0.25, -0.2) is 0 Å². The molecule has 7 heteroatoms. The molecule has 1 aromatic carbocycles. The lowest BCUT2D eigenvalue weighted by Crippen LogP contribution is -2.36. The van der Waals surface area contributed by atoms with Crippen molar-refractivity contribution in [3.8, 4) is 0 Å². The molecule has 0 N–H and O–H groups in total. The van der Waals surface area contributed by atoms with E-state index >= 15 is 0 Å². The van der Waals surface area contributed by atoms with Crippen LogP contribution in [0.1, 0.15) is 31.1 Å². The zero-order valence-corrected chi connectivity index (χ0v) is 13.5. The standard InChI is InChI=1S/C16H20N2O5/c1-17-15(20)12-5-4-11(10-13(12)16(17)21)14(19)18(6-8-22-2)7-9-23-3/h4-5,10H,6-9H2,1-3H3. The Labute approximate surface area is 134 Å². The van der Waals surface area contributed by atoms with Gasteiger partial charge in [0.15, 0.2) is 0 Å². The van der Waals surface area contributed by atoms with Crippen molar-refractivity contribution in [1.82, 2.24) is 9.80 Å². The number of hydrogen-bond donors (Lipinski definition) is 0. The van der Waals surface area contributed by atoms with Crippen LogP contribution in [0.2, 0.25) is 0 Å². The molecular formula is C16H20N2O5. The van der Waals surface area contributed by atoms with Gasteiger partial charge in [0.05, 0.1) is 24.3 Å². The molecule has 7 nitrogen and oxygen atoms in total. The summed E-state index contributed by atoms with van der Waals surface area (Å²) in [5, 5.41) is 0. The quantitative estimate of drug-likeness (QED) is 0.689. The van der Waals surface area contributed by atoms with Crippen LogP contribution in [0.5, 0.6) is 0 Å². The SMILES string of the molecule is COCCN(CCOC)C(=O)c1ccc2c(c1)C(=O)N(C)C2=O. The molecule has 0 saturated heterocycles. The first-order chi connectivity index (χ1) is 11.0. The summed E-state index contributed by atoms with van der Waals surface area (Å²) in [6, 6.07) is 4.57. The molecule has 23 heavy (non-hydrogen) atoms. The predicted octanol–water partition coefficient (Wildman–Crippen LogP) is 0.647. The van der Waals surface area contributed by atoms with Gasteiger partial charge in [-0.15, -0.1) is 0 Å². The van der Waals surface area contributed by atoms with Crippen LogP contribution in [0.3, 0.4) is 0 Å². The van der Waals surface area contributed by atoms with Gasteiger partial charge in [0, 0.05) is 39.9 Å². The highest BCUT2D eigenvalue weighted by Crippen LogP contribution is 2.23. The van der Waals surface area contributed by atoms with E-state index in [1.54, 1.807) is 25.2 Å². The van der Waals surface area contributed by atoms with E-state index in [4.69, 9.17) is 9.47 Å². The third-order valence-electron chi connectivity index (χ3n) is 3.75. The average Bonchev–Trinajstić information content (AvgIpc) is 2.78. The van der Waals surface area contributed by atoms with Gasteiger partial charge in [0.2, 0.25) is 0 Å². The second-order valence-electron chi connectivity index (χ2n) is 5.21. The number of fused-ring (bicyclic) bond motifs is 1. The number of carbonyl (C=O) groups is 3. The molecule has 3 amide bonds. The number of rotatable bonds is 7. The molecule has 2 rings (SSSR count). The van der Waals surface area contributed by atoms with Gasteiger partial charge in [-0.3, -0.25) is 19.3 Å². The molecule has 0 atom stereocenters. The molecule has 0 unspecified atom stereocenters. The zero-order valence-electron chi connectivity index (χ0n) is 13.5. The minimum absolute atomic E-state index is 0.225. The van der Waals surface area contributed by atoms with Gasteiger partial charge >= 0.3 is 0 Å². The van der Waals surface area contributed by atoms with Crippen LogP contribution in [0.15, 0.2) is 18.2 Å². The minimum Gasteiger partial charge on any atom is -0.383 e. The molecule has 1 aromatic rings. The average molecular weight is 320 g/mol. The highest BCUT2D eigenvalue weighted by Gasteiger charge is 2.33. The normalized spacial score (nSPS) is 13.4. The van der Waals surface area contributed by atoms with Crippen molar-refractivity contribution >= 4 is 17.7 Å². The number of amides is 3. The number of benzene rings is 1. The van der Waals surface area contributed by atoms with Crippen molar-refractivity contribution in [2.45, 2.75) is 0 Å². The molecule has 124 valence electrons. The van der Waals surface area contributed by atoms with Crippen molar-refractivity contribution in [2.75, 3.05) is 47.6 Å². The molecule has 0 spiro atoms. The Hall–Kier alpha value is -2.25. The lowest BCUT2D eigenvalue weighted by molar-refractivity contribution is 0.0627. The second kappa shape index (κ2) is 7.34. The van der Waals surface area contributed by atoms with Crippen molar-refractivity contribution in [3.05, 3.63) is 34.9 Å². The fraction of sp³-hybridized carbons (Fsp3) is 0.438. The highest BCUT2D eigenvalue weighted by molar-refractivity contribution is 6.21. The van der Waals surface area contributed by atoms with E-state index in [0.29, 0.717) is 37.4 Å². The molecule has 1 aliphatic heterocycles. The molecular weight excluding hydrogens is 300 g/mol. The Morgan fingerprint density at radius 3 is 2.17 bits per heavy atom. The molecule has 0 saturated carbocycles.